The van der Waals surface area contributed by atoms with Crippen molar-refractivity contribution in [1.29, 1.82) is 0 Å². The molecule has 0 aliphatic rings. The number of benzene rings is 2. The summed E-state index contributed by atoms with van der Waals surface area (Å²) >= 11 is 1.41. The lowest BCUT2D eigenvalue weighted by molar-refractivity contribution is 0.0945. The summed E-state index contributed by atoms with van der Waals surface area (Å²) in [5.41, 5.74) is 3.23. The Kier molecular flexibility index (Phi) is 5.67. The molecule has 0 aliphatic carbocycles. The van der Waals surface area contributed by atoms with E-state index in [4.69, 9.17) is 9.47 Å². The van der Waals surface area contributed by atoms with Gasteiger partial charge >= 0.3 is 0 Å². The molecule has 0 spiro atoms. The second-order valence-electron chi connectivity index (χ2n) is 6.55. The molecule has 2 heterocycles. The predicted octanol–water partition coefficient (Wildman–Crippen LogP) is 4.13. The smallest absolute Gasteiger partial charge is 0.271 e. The average molecular weight is 423 g/mol. The largest absolute Gasteiger partial charge is 0.493 e. The Morgan fingerprint density at radius 3 is 2.67 bits per heavy atom. The molecule has 0 saturated heterocycles. The Morgan fingerprint density at radius 2 is 1.90 bits per heavy atom. The van der Waals surface area contributed by atoms with Crippen molar-refractivity contribution in [2.45, 2.75) is 20.0 Å². The Hall–Kier alpha value is -3.39. The summed E-state index contributed by atoms with van der Waals surface area (Å²) in [5, 5.41) is 5.43. The maximum atomic E-state index is 12.7. The summed E-state index contributed by atoms with van der Waals surface area (Å²) in [5.74, 6) is 1.86. The van der Waals surface area contributed by atoms with Crippen LogP contribution in [0.1, 0.15) is 23.2 Å². The number of amides is 1. The van der Waals surface area contributed by atoms with E-state index < -0.39 is 0 Å². The monoisotopic (exact) mass is 422 g/mol. The molecule has 4 aromatic rings. The number of fused-ring (bicyclic) bond motifs is 1. The topological polar surface area (TPSA) is 78.3 Å². The molecular formula is C22H22N4O3S. The van der Waals surface area contributed by atoms with Crippen molar-refractivity contribution in [3.63, 3.8) is 0 Å². The third-order valence-electron chi connectivity index (χ3n) is 4.82. The highest BCUT2D eigenvalue weighted by atomic mass is 32.1. The lowest BCUT2D eigenvalue weighted by Crippen LogP contribution is -2.25. The molecule has 0 saturated carbocycles. The number of imidazole rings is 1. The minimum atomic E-state index is -0.229. The van der Waals surface area contributed by atoms with Crippen molar-refractivity contribution in [3.05, 3.63) is 59.4 Å². The van der Waals surface area contributed by atoms with Crippen molar-refractivity contribution < 1.29 is 14.3 Å². The minimum Gasteiger partial charge on any atom is -0.493 e. The zero-order valence-corrected chi connectivity index (χ0v) is 17.8. The van der Waals surface area contributed by atoms with Crippen LogP contribution in [-0.2, 0) is 13.1 Å². The molecule has 0 bridgehead atoms. The highest BCUT2D eigenvalue weighted by Crippen LogP contribution is 2.33. The maximum absolute atomic E-state index is 12.7. The van der Waals surface area contributed by atoms with Gasteiger partial charge in [-0.25, -0.2) is 9.97 Å². The van der Waals surface area contributed by atoms with Crippen LogP contribution in [0.4, 0.5) is 0 Å². The van der Waals surface area contributed by atoms with Gasteiger partial charge in [0, 0.05) is 17.5 Å². The number of carbonyl (C=O) groups is 1. The van der Waals surface area contributed by atoms with Gasteiger partial charge in [0.05, 0.1) is 31.8 Å². The number of aromatic nitrogens is 3. The zero-order valence-electron chi connectivity index (χ0n) is 17.0. The van der Waals surface area contributed by atoms with Gasteiger partial charge in [0.25, 0.3) is 5.91 Å². The first-order chi connectivity index (χ1) is 14.6. The van der Waals surface area contributed by atoms with Crippen LogP contribution in [0.25, 0.3) is 21.6 Å². The number of methoxy groups -OCH3 is 2. The summed E-state index contributed by atoms with van der Waals surface area (Å²) in [6.45, 7) is 3.19. The average Bonchev–Trinajstić information content (AvgIpc) is 3.41. The summed E-state index contributed by atoms with van der Waals surface area (Å²) in [7, 11) is 3.18. The predicted molar refractivity (Wildman–Crippen MR) is 117 cm³/mol. The van der Waals surface area contributed by atoms with Gasteiger partial charge in [0.2, 0.25) is 0 Å². The quantitative estimate of drug-likeness (QED) is 0.485. The number of ether oxygens (including phenoxy) is 2. The number of aryl methyl sites for hydroxylation is 1. The number of hydrogen-bond donors (Lipinski definition) is 1. The van der Waals surface area contributed by atoms with Gasteiger partial charge in [-0.05, 0) is 37.3 Å². The molecule has 1 amide bonds. The zero-order chi connectivity index (χ0) is 21.1. The molecule has 7 nitrogen and oxygen atoms in total. The van der Waals surface area contributed by atoms with E-state index in [0.29, 0.717) is 23.7 Å². The van der Waals surface area contributed by atoms with E-state index in [0.717, 1.165) is 34.0 Å². The van der Waals surface area contributed by atoms with E-state index in [-0.39, 0.29) is 5.91 Å². The fraction of sp³-hybridized carbons (Fsp3) is 0.227. The van der Waals surface area contributed by atoms with Crippen molar-refractivity contribution in [2.75, 3.05) is 14.2 Å². The van der Waals surface area contributed by atoms with E-state index in [1.807, 2.05) is 42.5 Å². The van der Waals surface area contributed by atoms with Crippen LogP contribution >= 0.6 is 11.3 Å². The van der Waals surface area contributed by atoms with Crippen LogP contribution in [0.2, 0.25) is 0 Å². The first kappa shape index (κ1) is 19.9. The Labute approximate surface area is 178 Å². The molecule has 0 radical (unpaired) electrons. The van der Waals surface area contributed by atoms with E-state index in [1.165, 1.54) is 11.3 Å². The lowest BCUT2D eigenvalue weighted by Gasteiger charge is -2.08. The van der Waals surface area contributed by atoms with E-state index in [9.17, 15) is 4.79 Å². The molecule has 2 aromatic heterocycles. The summed E-state index contributed by atoms with van der Waals surface area (Å²) in [4.78, 5) is 21.8. The van der Waals surface area contributed by atoms with E-state index >= 15 is 0 Å². The van der Waals surface area contributed by atoms with Gasteiger partial charge in [-0.15, -0.1) is 11.3 Å². The molecule has 30 heavy (non-hydrogen) atoms. The molecule has 0 aliphatic heterocycles. The summed E-state index contributed by atoms with van der Waals surface area (Å²) in [6, 6.07) is 13.5. The second-order valence-corrected chi connectivity index (χ2v) is 7.41. The third-order valence-corrected chi connectivity index (χ3v) is 5.72. The van der Waals surface area contributed by atoms with Crippen molar-refractivity contribution >= 4 is 28.3 Å². The van der Waals surface area contributed by atoms with Gasteiger partial charge in [0.15, 0.2) is 11.5 Å². The summed E-state index contributed by atoms with van der Waals surface area (Å²) in [6.07, 6.45) is 0. The number of rotatable bonds is 7. The van der Waals surface area contributed by atoms with Gasteiger partial charge in [-0.3, -0.25) is 4.79 Å². The number of thiazole rings is 1. The molecular weight excluding hydrogens is 400 g/mol. The second kappa shape index (κ2) is 8.54. The molecule has 4 rings (SSSR count). The van der Waals surface area contributed by atoms with Crippen molar-refractivity contribution in [2.24, 2.45) is 0 Å². The number of para-hydroxylation sites is 2. The van der Waals surface area contributed by atoms with Gasteiger partial charge in [-0.1, -0.05) is 12.1 Å². The SMILES string of the molecule is CCn1c(CNC(=O)c2csc(-c3ccc(OC)c(OC)c3)n2)nc2ccccc21. The molecule has 0 atom stereocenters. The van der Waals surface area contributed by atoms with E-state index in [1.54, 1.807) is 19.6 Å². The lowest BCUT2D eigenvalue weighted by atomic mass is 10.2. The fourth-order valence-corrected chi connectivity index (χ4v) is 4.14. The first-order valence-electron chi connectivity index (χ1n) is 9.54. The van der Waals surface area contributed by atoms with Gasteiger partial charge in [0.1, 0.15) is 16.5 Å². The van der Waals surface area contributed by atoms with Gasteiger partial charge < -0.3 is 19.4 Å². The van der Waals surface area contributed by atoms with Crippen LogP contribution in [0.3, 0.4) is 0 Å². The fourth-order valence-electron chi connectivity index (χ4n) is 3.34. The highest BCUT2D eigenvalue weighted by Gasteiger charge is 2.15. The number of nitrogens with zero attached hydrogens (tertiary/aromatic N) is 3. The van der Waals surface area contributed by atoms with Crippen LogP contribution in [0.5, 0.6) is 11.5 Å². The summed E-state index contributed by atoms with van der Waals surface area (Å²) < 4.78 is 12.7. The highest BCUT2D eigenvalue weighted by molar-refractivity contribution is 7.13. The molecule has 0 fully saturated rings. The maximum Gasteiger partial charge on any atom is 0.271 e. The standard InChI is InChI=1S/C22H22N4O3S/c1-4-26-17-8-6-5-7-15(17)24-20(26)12-23-21(27)16-13-30-22(25-16)14-9-10-18(28-2)19(11-14)29-3/h5-11,13H,4,12H2,1-3H3,(H,23,27). The van der Waals surface area contributed by atoms with E-state index in [2.05, 4.69) is 26.8 Å². The number of carbonyl (C=O) groups excluding carboxylic acids is 1. The molecule has 0 unspecified atom stereocenters. The minimum absolute atomic E-state index is 0.229. The Bertz CT molecular complexity index is 1200. The molecule has 154 valence electrons. The number of nitrogens with one attached hydrogen (secondary N) is 1. The number of hydrogen-bond acceptors (Lipinski definition) is 6. The third kappa shape index (κ3) is 3.73. The molecule has 8 heteroatoms. The van der Waals surface area contributed by atoms with Crippen molar-refractivity contribution in [3.8, 4) is 22.1 Å². The molecule has 1 N–H and O–H groups in total. The Morgan fingerprint density at radius 1 is 1.10 bits per heavy atom. The Balaban J connectivity index is 1.50. The normalized spacial score (nSPS) is 10.9. The molecule has 2 aromatic carbocycles. The van der Waals surface area contributed by atoms with Crippen LogP contribution in [-0.4, -0.2) is 34.7 Å². The van der Waals surface area contributed by atoms with Crippen LogP contribution in [0, 0.1) is 0 Å². The first-order valence-corrected chi connectivity index (χ1v) is 10.4. The van der Waals surface area contributed by atoms with Crippen LogP contribution in [0.15, 0.2) is 47.8 Å². The van der Waals surface area contributed by atoms with Crippen LogP contribution < -0.4 is 14.8 Å². The van der Waals surface area contributed by atoms with Gasteiger partial charge in [-0.2, -0.15) is 0 Å². The van der Waals surface area contributed by atoms with Crippen molar-refractivity contribution in [1.82, 2.24) is 19.9 Å².